The van der Waals surface area contributed by atoms with Gasteiger partial charge in [-0.15, -0.1) is 0 Å². The van der Waals surface area contributed by atoms with E-state index in [1.165, 1.54) is 119 Å². The summed E-state index contributed by atoms with van der Waals surface area (Å²) in [5, 5.41) is 0. The van der Waals surface area contributed by atoms with Gasteiger partial charge >= 0.3 is 0 Å². The van der Waals surface area contributed by atoms with Crippen LogP contribution < -0.4 is 31.1 Å². The second kappa shape index (κ2) is 16.4. The van der Waals surface area contributed by atoms with E-state index in [0.29, 0.717) is 0 Å². The van der Waals surface area contributed by atoms with Crippen LogP contribution in [0.3, 0.4) is 0 Å². The molecule has 4 aliphatic rings. The van der Waals surface area contributed by atoms with Gasteiger partial charge in [-0.25, -0.2) is 0 Å². The summed E-state index contributed by atoms with van der Waals surface area (Å²) in [5.74, 6) is 0. The van der Waals surface area contributed by atoms with Crippen molar-refractivity contribution >= 4 is 68.6 Å². The Morgan fingerprint density at radius 3 is 1.68 bits per heavy atom. The predicted molar refractivity (Wildman–Crippen MR) is 309 cm³/mol. The number of anilines is 8. The van der Waals surface area contributed by atoms with E-state index < -0.39 is 0 Å². The standard InChI is InChI=1S/C68H70BN3/c1-45-40-61-63-62(41-45)71(57-36-30-49(65(5,6)7)42-53(57)46-22-14-12-15-23-46)59-27-19-18-26-55(59)69(63)56-35-34-52(44-60(56)70(61)51-32-28-47(29-33-51)64(2,3)4)72-58-37-31-50(66(8,9)10)43-54(58)68(48-24-16-13-17-25-48)39-21-20-38-67(68,72)11/h12-19,22-37,40-44H,20-21,38-39H2,1-11H3. The molecule has 2 unspecified atom stereocenters. The molecule has 1 saturated carbocycles. The lowest BCUT2D eigenvalue weighted by atomic mass is 9.33. The summed E-state index contributed by atoms with van der Waals surface area (Å²) in [6.45, 7) is 25.9. The summed E-state index contributed by atoms with van der Waals surface area (Å²) >= 11 is 0. The first kappa shape index (κ1) is 46.3. The highest BCUT2D eigenvalue weighted by molar-refractivity contribution is 7.00. The maximum atomic E-state index is 2.79. The molecule has 8 aromatic rings. The Bertz CT molecular complexity index is 3410. The molecule has 3 heterocycles. The molecule has 360 valence electrons. The van der Waals surface area contributed by atoms with Crippen molar-refractivity contribution in [3.63, 3.8) is 0 Å². The zero-order valence-corrected chi connectivity index (χ0v) is 44.5. The van der Waals surface area contributed by atoms with Crippen LogP contribution in [0.25, 0.3) is 11.1 Å². The fraction of sp³-hybridized carbons (Fsp3) is 0.294. The lowest BCUT2D eigenvalue weighted by Gasteiger charge is -2.52. The zero-order chi connectivity index (χ0) is 50.1. The number of para-hydroxylation sites is 1. The fourth-order valence-corrected chi connectivity index (χ4v) is 13.5. The van der Waals surface area contributed by atoms with Crippen LogP contribution in [0.1, 0.15) is 128 Å². The number of hydrogen-bond donors (Lipinski definition) is 0. The van der Waals surface area contributed by atoms with Gasteiger partial charge in [-0.1, -0.05) is 190 Å². The summed E-state index contributed by atoms with van der Waals surface area (Å²) in [7, 11) is 0. The van der Waals surface area contributed by atoms with Crippen LogP contribution in [0.4, 0.5) is 45.5 Å². The second-order valence-corrected chi connectivity index (χ2v) is 24.8. The molecule has 0 N–H and O–H groups in total. The van der Waals surface area contributed by atoms with E-state index in [2.05, 4.69) is 267 Å². The third-order valence-electron chi connectivity index (χ3n) is 17.3. The fourth-order valence-electron chi connectivity index (χ4n) is 13.5. The molecule has 1 fully saturated rings. The van der Waals surface area contributed by atoms with E-state index >= 15 is 0 Å². The third-order valence-corrected chi connectivity index (χ3v) is 17.3. The Labute approximate surface area is 430 Å². The van der Waals surface area contributed by atoms with Crippen molar-refractivity contribution in [2.75, 3.05) is 14.7 Å². The van der Waals surface area contributed by atoms with Gasteiger partial charge in [0.2, 0.25) is 0 Å². The van der Waals surface area contributed by atoms with Crippen molar-refractivity contribution < 1.29 is 0 Å². The van der Waals surface area contributed by atoms with Gasteiger partial charge in [-0.3, -0.25) is 0 Å². The van der Waals surface area contributed by atoms with Crippen LogP contribution in [0.5, 0.6) is 0 Å². The molecule has 0 saturated heterocycles. The van der Waals surface area contributed by atoms with Crippen LogP contribution in [0.2, 0.25) is 0 Å². The highest BCUT2D eigenvalue weighted by atomic mass is 15.3. The summed E-state index contributed by atoms with van der Waals surface area (Å²) < 4.78 is 0. The Kier molecular flexibility index (Phi) is 10.5. The average Bonchev–Trinajstić information content (AvgIpc) is 3.60. The van der Waals surface area contributed by atoms with E-state index in [9.17, 15) is 0 Å². The first-order chi connectivity index (χ1) is 34.4. The topological polar surface area (TPSA) is 9.72 Å². The van der Waals surface area contributed by atoms with Gasteiger partial charge in [0, 0.05) is 50.8 Å². The minimum Gasteiger partial charge on any atom is -0.334 e. The number of nitrogens with zero attached hydrogens (tertiary/aromatic N) is 3. The van der Waals surface area contributed by atoms with Gasteiger partial charge in [0.05, 0.1) is 11.2 Å². The molecular formula is C68H70BN3. The summed E-state index contributed by atoms with van der Waals surface area (Å²) in [6, 6.07) is 68.4. The number of rotatable bonds is 5. The van der Waals surface area contributed by atoms with Gasteiger partial charge in [0.1, 0.15) is 0 Å². The van der Waals surface area contributed by atoms with E-state index in [4.69, 9.17) is 0 Å². The minimum atomic E-state index is -0.202. The summed E-state index contributed by atoms with van der Waals surface area (Å²) in [4.78, 5) is 8.00. The molecule has 3 aliphatic heterocycles. The lowest BCUT2D eigenvalue weighted by molar-refractivity contribution is 0.215. The predicted octanol–water partition coefficient (Wildman–Crippen LogP) is 16.4. The smallest absolute Gasteiger partial charge is 0.252 e. The van der Waals surface area contributed by atoms with Crippen molar-refractivity contribution in [2.45, 2.75) is 129 Å². The zero-order valence-electron chi connectivity index (χ0n) is 44.5. The lowest BCUT2D eigenvalue weighted by Crippen LogP contribution is -2.61. The van der Waals surface area contributed by atoms with Crippen LogP contribution >= 0.6 is 0 Å². The van der Waals surface area contributed by atoms with Gasteiger partial charge < -0.3 is 14.7 Å². The highest BCUT2D eigenvalue weighted by Gasteiger charge is 2.61. The molecule has 2 atom stereocenters. The summed E-state index contributed by atoms with van der Waals surface area (Å²) in [6.07, 6.45) is 4.64. The van der Waals surface area contributed by atoms with Crippen molar-refractivity contribution in [3.8, 4) is 11.1 Å². The quantitative estimate of drug-likeness (QED) is 0.159. The number of benzene rings is 8. The van der Waals surface area contributed by atoms with Crippen molar-refractivity contribution in [3.05, 3.63) is 209 Å². The molecule has 8 aromatic carbocycles. The Hall–Kier alpha value is -6.78. The Morgan fingerprint density at radius 2 is 1.00 bits per heavy atom. The minimum absolute atomic E-state index is 0.00890. The maximum absolute atomic E-state index is 2.79. The van der Waals surface area contributed by atoms with Crippen LogP contribution in [0.15, 0.2) is 176 Å². The molecule has 4 heteroatoms. The Balaban J connectivity index is 1.12. The molecular weight excluding hydrogens is 870 g/mol. The van der Waals surface area contributed by atoms with Crippen molar-refractivity contribution in [1.29, 1.82) is 0 Å². The molecule has 12 rings (SSSR count). The van der Waals surface area contributed by atoms with Crippen LogP contribution in [-0.2, 0) is 21.7 Å². The van der Waals surface area contributed by atoms with Gasteiger partial charge in [0.25, 0.3) is 6.71 Å². The second-order valence-electron chi connectivity index (χ2n) is 24.8. The molecule has 0 spiro atoms. The first-order valence-corrected chi connectivity index (χ1v) is 26.7. The van der Waals surface area contributed by atoms with Gasteiger partial charge in [0.15, 0.2) is 0 Å². The average molecular weight is 940 g/mol. The number of aryl methyl sites for hydroxylation is 1. The molecule has 1 aliphatic carbocycles. The largest absolute Gasteiger partial charge is 0.334 e. The molecule has 0 bridgehead atoms. The maximum Gasteiger partial charge on any atom is 0.252 e. The van der Waals surface area contributed by atoms with Crippen LogP contribution in [-0.4, -0.2) is 12.3 Å². The monoisotopic (exact) mass is 940 g/mol. The molecule has 0 aromatic heterocycles. The Morgan fingerprint density at radius 1 is 0.444 bits per heavy atom. The third kappa shape index (κ3) is 6.98. The SMILES string of the molecule is Cc1cc2c3c(c1)N(c1ccc(C(C)(C)C)cc1-c1ccccc1)c1ccccc1B3c1ccc(N3c4ccc(C(C)(C)C)cc4C4(c5ccccc5)CCCCC34C)cc1N2c1ccc(C(C)(C)C)cc1. The molecule has 72 heavy (non-hydrogen) atoms. The van der Waals surface area contributed by atoms with Gasteiger partial charge in [-0.2, -0.15) is 0 Å². The van der Waals surface area contributed by atoms with E-state index in [1.807, 2.05) is 0 Å². The van der Waals surface area contributed by atoms with E-state index in [0.717, 1.165) is 12.8 Å². The normalized spacial score (nSPS) is 19.1. The van der Waals surface area contributed by atoms with E-state index in [1.54, 1.807) is 0 Å². The summed E-state index contributed by atoms with van der Waals surface area (Å²) in [5.41, 5.74) is 24.3. The van der Waals surface area contributed by atoms with Gasteiger partial charge in [-0.05, 0) is 159 Å². The van der Waals surface area contributed by atoms with E-state index in [-0.39, 0.29) is 33.9 Å². The van der Waals surface area contributed by atoms with Crippen molar-refractivity contribution in [1.82, 2.24) is 0 Å². The van der Waals surface area contributed by atoms with Crippen molar-refractivity contribution in [2.24, 2.45) is 0 Å². The first-order valence-electron chi connectivity index (χ1n) is 26.7. The molecule has 0 radical (unpaired) electrons. The number of fused-ring (bicyclic) bond motifs is 7. The number of hydrogen-bond acceptors (Lipinski definition) is 3. The highest BCUT2D eigenvalue weighted by Crippen LogP contribution is 2.64. The van der Waals surface area contributed by atoms with Crippen LogP contribution in [0, 0.1) is 6.92 Å². The molecule has 0 amide bonds. The molecule has 3 nitrogen and oxygen atoms in total.